The molecule has 72 valence electrons. The number of benzene rings is 1. The summed E-state index contributed by atoms with van der Waals surface area (Å²) in [7, 11) is 0. The fourth-order valence-electron chi connectivity index (χ4n) is 1.69. The summed E-state index contributed by atoms with van der Waals surface area (Å²) in [6.45, 7) is 1.75. The number of hydrogen-bond donors (Lipinski definition) is 0. The van der Waals surface area contributed by atoms with E-state index in [1.165, 1.54) is 6.07 Å². The largest absolute Gasteiger partial charge is 0.207 e. The molecule has 0 radical (unpaired) electrons. The van der Waals surface area contributed by atoms with Crippen LogP contribution in [0.25, 0.3) is 0 Å². The van der Waals surface area contributed by atoms with Gasteiger partial charge in [-0.25, -0.2) is 4.39 Å². The van der Waals surface area contributed by atoms with Gasteiger partial charge in [-0.05, 0) is 43.4 Å². The molecule has 1 fully saturated rings. The van der Waals surface area contributed by atoms with Crippen LogP contribution in [0.1, 0.15) is 24.0 Å². The van der Waals surface area contributed by atoms with Gasteiger partial charge in [0, 0.05) is 0 Å². The SMILES string of the molecule is Cc1cc(CC2(C#N)CC2)ccc1F. The Balaban J connectivity index is 2.19. The average molecular weight is 189 g/mol. The highest BCUT2D eigenvalue weighted by Crippen LogP contribution is 2.47. The van der Waals surface area contributed by atoms with E-state index in [4.69, 9.17) is 5.26 Å². The number of nitrogens with zero attached hydrogens (tertiary/aromatic N) is 1. The van der Waals surface area contributed by atoms with Crippen molar-refractivity contribution in [2.45, 2.75) is 26.2 Å². The molecule has 1 aromatic carbocycles. The molecule has 1 aromatic rings. The minimum Gasteiger partial charge on any atom is -0.207 e. The second-order valence-electron chi connectivity index (χ2n) is 4.15. The van der Waals surface area contributed by atoms with E-state index in [9.17, 15) is 4.39 Å². The summed E-state index contributed by atoms with van der Waals surface area (Å²) < 4.78 is 13.0. The third-order valence-electron chi connectivity index (χ3n) is 2.86. The highest BCUT2D eigenvalue weighted by Gasteiger charge is 2.42. The molecule has 0 atom stereocenters. The Morgan fingerprint density at radius 1 is 1.50 bits per heavy atom. The summed E-state index contributed by atoms with van der Waals surface area (Å²) in [5.41, 5.74) is 1.60. The lowest BCUT2D eigenvalue weighted by Crippen LogP contribution is -2.01. The maximum Gasteiger partial charge on any atom is 0.126 e. The van der Waals surface area contributed by atoms with Crippen LogP contribution in [-0.4, -0.2) is 0 Å². The molecule has 1 nitrogen and oxygen atoms in total. The summed E-state index contributed by atoms with van der Waals surface area (Å²) in [5.74, 6) is -0.171. The molecular formula is C12H12FN. The molecular weight excluding hydrogens is 177 g/mol. The van der Waals surface area contributed by atoms with E-state index in [1.807, 2.05) is 6.07 Å². The molecule has 0 N–H and O–H groups in total. The average Bonchev–Trinajstić information content (AvgIpc) is 2.93. The lowest BCUT2D eigenvalue weighted by atomic mass is 9.97. The summed E-state index contributed by atoms with van der Waals surface area (Å²) >= 11 is 0. The van der Waals surface area contributed by atoms with E-state index in [1.54, 1.807) is 13.0 Å². The molecule has 0 saturated heterocycles. The molecule has 1 aliphatic rings. The Kier molecular flexibility index (Phi) is 2.03. The van der Waals surface area contributed by atoms with Crippen molar-refractivity contribution in [3.63, 3.8) is 0 Å². The van der Waals surface area contributed by atoms with Gasteiger partial charge in [-0.2, -0.15) is 5.26 Å². The van der Waals surface area contributed by atoms with Crippen molar-refractivity contribution >= 4 is 0 Å². The first-order chi connectivity index (χ1) is 6.65. The summed E-state index contributed by atoms with van der Waals surface area (Å²) in [4.78, 5) is 0. The number of rotatable bonds is 2. The van der Waals surface area contributed by atoms with Gasteiger partial charge in [0.05, 0.1) is 11.5 Å². The molecule has 14 heavy (non-hydrogen) atoms. The van der Waals surface area contributed by atoms with Gasteiger partial charge in [0.2, 0.25) is 0 Å². The number of nitriles is 1. The standard InChI is InChI=1S/C12H12FN/c1-9-6-10(2-3-11(9)13)7-12(8-14)4-5-12/h2-3,6H,4-5,7H2,1H3. The van der Waals surface area contributed by atoms with E-state index in [2.05, 4.69) is 6.07 Å². The molecule has 0 amide bonds. The maximum absolute atomic E-state index is 13.0. The molecule has 2 heteroatoms. The summed E-state index contributed by atoms with van der Waals surface area (Å²) in [6.07, 6.45) is 2.74. The van der Waals surface area contributed by atoms with Gasteiger partial charge in [0.1, 0.15) is 5.82 Å². The third-order valence-corrected chi connectivity index (χ3v) is 2.86. The van der Waals surface area contributed by atoms with Crippen molar-refractivity contribution in [2.75, 3.05) is 0 Å². The lowest BCUT2D eigenvalue weighted by molar-refractivity contribution is 0.613. The Hall–Kier alpha value is -1.36. The first kappa shape index (κ1) is 9.21. The number of hydrogen-bond acceptors (Lipinski definition) is 1. The van der Waals surface area contributed by atoms with Crippen molar-refractivity contribution in [1.82, 2.24) is 0 Å². The van der Waals surface area contributed by atoms with Crippen molar-refractivity contribution in [3.8, 4) is 6.07 Å². The Morgan fingerprint density at radius 2 is 2.21 bits per heavy atom. The predicted octanol–water partition coefficient (Wildman–Crippen LogP) is 2.98. The van der Waals surface area contributed by atoms with E-state index in [0.29, 0.717) is 5.56 Å². The highest BCUT2D eigenvalue weighted by atomic mass is 19.1. The van der Waals surface area contributed by atoms with Crippen LogP contribution in [0, 0.1) is 29.5 Å². The minimum absolute atomic E-state index is 0.135. The van der Waals surface area contributed by atoms with Crippen molar-refractivity contribution in [1.29, 1.82) is 5.26 Å². The second kappa shape index (κ2) is 3.09. The quantitative estimate of drug-likeness (QED) is 0.701. The maximum atomic E-state index is 13.0. The molecule has 0 spiro atoms. The normalized spacial score (nSPS) is 17.5. The number of halogens is 1. The molecule has 2 rings (SSSR count). The first-order valence-electron chi connectivity index (χ1n) is 4.81. The second-order valence-corrected chi connectivity index (χ2v) is 4.15. The molecule has 0 unspecified atom stereocenters. The van der Waals surface area contributed by atoms with Gasteiger partial charge in [0.25, 0.3) is 0 Å². The Bertz CT molecular complexity index is 399. The van der Waals surface area contributed by atoms with E-state index in [-0.39, 0.29) is 11.2 Å². The van der Waals surface area contributed by atoms with Crippen molar-refractivity contribution < 1.29 is 4.39 Å². The monoisotopic (exact) mass is 189 g/mol. The van der Waals surface area contributed by atoms with Crippen LogP contribution >= 0.6 is 0 Å². The van der Waals surface area contributed by atoms with E-state index >= 15 is 0 Å². The molecule has 0 aromatic heterocycles. The minimum atomic E-state index is -0.171. The van der Waals surface area contributed by atoms with Gasteiger partial charge < -0.3 is 0 Å². The molecule has 1 saturated carbocycles. The van der Waals surface area contributed by atoms with Crippen LogP contribution in [0.2, 0.25) is 0 Å². The lowest BCUT2D eigenvalue weighted by Gasteiger charge is -2.06. The molecule has 0 aliphatic heterocycles. The molecule has 0 heterocycles. The zero-order chi connectivity index (χ0) is 10.2. The van der Waals surface area contributed by atoms with Gasteiger partial charge in [-0.3, -0.25) is 0 Å². The fraction of sp³-hybridized carbons (Fsp3) is 0.417. The molecule has 1 aliphatic carbocycles. The Morgan fingerprint density at radius 3 is 2.71 bits per heavy atom. The topological polar surface area (TPSA) is 23.8 Å². The zero-order valence-corrected chi connectivity index (χ0v) is 8.18. The predicted molar refractivity (Wildman–Crippen MR) is 52.1 cm³/mol. The Labute approximate surface area is 83.2 Å². The van der Waals surface area contributed by atoms with Crippen molar-refractivity contribution in [3.05, 3.63) is 35.1 Å². The van der Waals surface area contributed by atoms with Gasteiger partial charge >= 0.3 is 0 Å². The number of aryl methyl sites for hydroxylation is 1. The summed E-state index contributed by atoms with van der Waals surface area (Å²) in [5, 5.41) is 8.92. The van der Waals surface area contributed by atoms with Crippen molar-refractivity contribution in [2.24, 2.45) is 5.41 Å². The van der Waals surface area contributed by atoms with Gasteiger partial charge in [-0.15, -0.1) is 0 Å². The zero-order valence-electron chi connectivity index (χ0n) is 8.18. The van der Waals surface area contributed by atoms with Crippen LogP contribution in [0.3, 0.4) is 0 Å². The van der Waals surface area contributed by atoms with Crippen LogP contribution < -0.4 is 0 Å². The fourth-order valence-corrected chi connectivity index (χ4v) is 1.69. The first-order valence-corrected chi connectivity index (χ1v) is 4.81. The third kappa shape index (κ3) is 1.63. The van der Waals surface area contributed by atoms with Crippen LogP contribution in [0.5, 0.6) is 0 Å². The highest BCUT2D eigenvalue weighted by molar-refractivity contribution is 5.28. The van der Waals surface area contributed by atoms with Crippen LogP contribution in [0.15, 0.2) is 18.2 Å². The van der Waals surface area contributed by atoms with E-state index in [0.717, 1.165) is 24.8 Å². The molecule has 0 bridgehead atoms. The van der Waals surface area contributed by atoms with Crippen LogP contribution in [-0.2, 0) is 6.42 Å². The van der Waals surface area contributed by atoms with E-state index < -0.39 is 0 Å². The smallest absolute Gasteiger partial charge is 0.126 e. The van der Waals surface area contributed by atoms with Gasteiger partial charge in [-0.1, -0.05) is 12.1 Å². The van der Waals surface area contributed by atoms with Crippen LogP contribution in [0.4, 0.5) is 4.39 Å². The summed E-state index contributed by atoms with van der Waals surface area (Å²) in [6, 6.07) is 7.44. The van der Waals surface area contributed by atoms with Gasteiger partial charge in [0.15, 0.2) is 0 Å².